The monoisotopic (exact) mass is 447 g/mol. The Labute approximate surface area is 171 Å². The summed E-state index contributed by atoms with van der Waals surface area (Å²) in [6.45, 7) is 0. The first-order chi connectivity index (χ1) is 13.2. The third-order valence-electron chi connectivity index (χ3n) is 6.40. The Morgan fingerprint density at radius 3 is 2.44 bits per heavy atom. The zero-order valence-corrected chi connectivity index (χ0v) is 17.3. The Hall–Kier alpha value is -1.41. The summed E-state index contributed by atoms with van der Waals surface area (Å²) < 4.78 is 2.68. The molecule has 0 saturated heterocycles. The summed E-state index contributed by atoms with van der Waals surface area (Å²) in [5.41, 5.74) is 0.882. The molecule has 2 aromatic rings. The van der Waals surface area contributed by atoms with E-state index in [1.165, 1.54) is 43.9 Å². The van der Waals surface area contributed by atoms with Crippen molar-refractivity contribution in [3.05, 3.63) is 28.7 Å². The predicted octanol–water partition coefficient (Wildman–Crippen LogP) is 3.46. The van der Waals surface area contributed by atoms with E-state index in [2.05, 4.69) is 36.8 Å². The van der Waals surface area contributed by atoms with Gasteiger partial charge in [-0.25, -0.2) is 0 Å². The van der Waals surface area contributed by atoms with Gasteiger partial charge in [-0.3, -0.25) is 4.79 Å². The molecule has 1 heterocycles. The first kappa shape index (κ1) is 17.7. The van der Waals surface area contributed by atoms with Crippen LogP contribution in [0.3, 0.4) is 0 Å². The van der Waals surface area contributed by atoms with Gasteiger partial charge >= 0.3 is 0 Å². The lowest BCUT2D eigenvalue weighted by molar-refractivity contribution is -0.122. The fraction of sp³-hybridized carbons (Fsp3) is 0.579. The lowest BCUT2D eigenvalue weighted by Gasteiger charge is -2.54. The molecule has 1 N–H and O–H groups in total. The molecule has 1 aromatic carbocycles. The van der Waals surface area contributed by atoms with Gasteiger partial charge in [-0.05, 0) is 90.5 Å². The standard InChI is InChI=1S/C19H22BrN5OS/c20-15-1-3-16(4-2-15)25-19(22-23-24-25)27-10-17(26)21-18-13-6-11-5-12(8-13)9-14(18)7-11/h1-4,11-14,18H,5-10H2,(H,21,26). The van der Waals surface area contributed by atoms with E-state index in [1.54, 1.807) is 4.68 Å². The molecule has 6 rings (SSSR count). The highest BCUT2D eigenvalue weighted by Crippen LogP contribution is 2.53. The molecule has 0 aliphatic heterocycles. The Balaban J connectivity index is 1.21. The van der Waals surface area contributed by atoms with Gasteiger partial charge in [0, 0.05) is 10.5 Å². The van der Waals surface area contributed by atoms with Crippen LogP contribution in [0.2, 0.25) is 0 Å². The zero-order chi connectivity index (χ0) is 18.4. The van der Waals surface area contributed by atoms with Crippen LogP contribution in [-0.2, 0) is 4.79 Å². The number of nitrogens with one attached hydrogen (secondary N) is 1. The fourth-order valence-electron chi connectivity index (χ4n) is 5.53. The van der Waals surface area contributed by atoms with Crippen LogP contribution in [0, 0.1) is 23.7 Å². The lowest BCUT2D eigenvalue weighted by Crippen LogP contribution is -2.56. The Morgan fingerprint density at radius 2 is 1.78 bits per heavy atom. The number of tetrazole rings is 1. The number of halogens is 1. The third-order valence-corrected chi connectivity index (χ3v) is 7.85. The number of nitrogens with zero attached hydrogens (tertiary/aromatic N) is 4. The number of rotatable bonds is 5. The fourth-order valence-corrected chi connectivity index (χ4v) is 6.50. The van der Waals surface area contributed by atoms with E-state index in [1.807, 2.05) is 24.3 Å². The summed E-state index contributed by atoms with van der Waals surface area (Å²) in [6, 6.07) is 8.17. The van der Waals surface area contributed by atoms with Crippen LogP contribution in [0.25, 0.3) is 5.69 Å². The van der Waals surface area contributed by atoms with E-state index in [4.69, 9.17) is 0 Å². The van der Waals surface area contributed by atoms with Gasteiger partial charge in [0.1, 0.15) is 0 Å². The number of carbonyl (C=O) groups is 1. The minimum atomic E-state index is 0.0998. The van der Waals surface area contributed by atoms with Gasteiger partial charge in [-0.2, -0.15) is 4.68 Å². The predicted molar refractivity (Wildman–Crippen MR) is 107 cm³/mol. The van der Waals surface area contributed by atoms with Crippen LogP contribution in [0.15, 0.2) is 33.9 Å². The van der Waals surface area contributed by atoms with Gasteiger partial charge < -0.3 is 5.32 Å². The molecule has 4 fully saturated rings. The van der Waals surface area contributed by atoms with Crippen LogP contribution in [0.1, 0.15) is 32.1 Å². The molecular formula is C19H22BrN5OS. The van der Waals surface area contributed by atoms with Crippen molar-refractivity contribution in [2.24, 2.45) is 23.7 Å². The molecular weight excluding hydrogens is 426 g/mol. The van der Waals surface area contributed by atoms with Gasteiger partial charge in [0.15, 0.2) is 0 Å². The van der Waals surface area contributed by atoms with E-state index in [-0.39, 0.29) is 5.91 Å². The van der Waals surface area contributed by atoms with Crippen molar-refractivity contribution in [2.45, 2.75) is 43.3 Å². The smallest absolute Gasteiger partial charge is 0.230 e. The molecule has 8 heteroatoms. The number of hydrogen-bond acceptors (Lipinski definition) is 5. The first-order valence-electron chi connectivity index (χ1n) is 9.62. The number of hydrogen-bond donors (Lipinski definition) is 1. The largest absolute Gasteiger partial charge is 0.352 e. The van der Waals surface area contributed by atoms with Crippen molar-refractivity contribution in [1.82, 2.24) is 25.5 Å². The van der Waals surface area contributed by atoms with Crippen molar-refractivity contribution in [3.8, 4) is 5.69 Å². The van der Waals surface area contributed by atoms with Crippen LogP contribution in [0.4, 0.5) is 0 Å². The summed E-state index contributed by atoms with van der Waals surface area (Å²) in [5, 5.41) is 15.9. The van der Waals surface area contributed by atoms with Gasteiger partial charge in [0.25, 0.3) is 0 Å². The third kappa shape index (κ3) is 3.53. The average molecular weight is 448 g/mol. The molecule has 4 aliphatic rings. The molecule has 1 aromatic heterocycles. The maximum atomic E-state index is 12.6. The number of aromatic nitrogens is 4. The van der Waals surface area contributed by atoms with Crippen molar-refractivity contribution < 1.29 is 4.79 Å². The summed E-state index contributed by atoms with van der Waals surface area (Å²) in [4.78, 5) is 12.6. The molecule has 4 bridgehead atoms. The quantitative estimate of drug-likeness (QED) is 0.710. The summed E-state index contributed by atoms with van der Waals surface area (Å²) in [7, 11) is 0. The van der Waals surface area contributed by atoms with Crippen molar-refractivity contribution in [2.75, 3.05) is 5.75 Å². The molecule has 0 atom stereocenters. The average Bonchev–Trinajstić information content (AvgIpc) is 3.11. The first-order valence-corrected chi connectivity index (χ1v) is 11.4. The van der Waals surface area contributed by atoms with Crippen LogP contribution < -0.4 is 5.32 Å². The van der Waals surface area contributed by atoms with Crippen molar-refractivity contribution in [1.29, 1.82) is 0 Å². The molecule has 142 valence electrons. The minimum Gasteiger partial charge on any atom is -0.352 e. The normalized spacial score (nSPS) is 31.2. The topological polar surface area (TPSA) is 72.7 Å². The number of benzene rings is 1. The number of thioether (sulfide) groups is 1. The van der Waals surface area contributed by atoms with Crippen molar-refractivity contribution in [3.63, 3.8) is 0 Å². The maximum absolute atomic E-state index is 12.6. The van der Waals surface area contributed by atoms with Gasteiger partial charge in [0.2, 0.25) is 11.1 Å². The summed E-state index contributed by atoms with van der Waals surface area (Å²) in [6.07, 6.45) is 6.68. The molecule has 4 saturated carbocycles. The van der Waals surface area contributed by atoms with Crippen LogP contribution in [0.5, 0.6) is 0 Å². The minimum absolute atomic E-state index is 0.0998. The Morgan fingerprint density at radius 1 is 1.11 bits per heavy atom. The second-order valence-electron chi connectivity index (χ2n) is 8.16. The van der Waals surface area contributed by atoms with Gasteiger partial charge in [0.05, 0.1) is 11.4 Å². The molecule has 4 aliphatic carbocycles. The molecule has 27 heavy (non-hydrogen) atoms. The van der Waals surface area contributed by atoms with E-state index < -0.39 is 0 Å². The second-order valence-corrected chi connectivity index (χ2v) is 10.0. The number of amides is 1. The van der Waals surface area contributed by atoms with E-state index in [0.29, 0.717) is 28.8 Å². The van der Waals surface area contributed by atoms with Crippen LogP contribution in [-0.4, -0.2) is 37.9 Å². The van der Waals surface area contributed by atoms with Crippen molar-refractivity contribution >= 4 is 33.6 Å². The zero-order valence-electron chi connectivity index (χ0n) is 14.9. The highest BCUT2D eigenvalue weighted by Gasteiger charge is 2.48. The van der Waals surface area contributed by atoms with E-state index in [9.17, 15) is 4.79 Å². The summed E-state index contributed by atoms with van der Waals surface area (Å²) >= 11 is 4.82. The highest BCUT2D eigenvalue weighted by atomic mass is 79.9. The summed E-state index contributed by atoms with van der Waals surface area (Å²) in [5.74, 6) is 3.69. The lowest BCUT2D eigenvalue weighted by atomic mass is 9.54. The number of carbonyl (C=O) groups excluding carboxylic acids is 1. The van der Waals surface area contributed by atoms with Gasteiger partial charge in [-0.15, -0.1) is 5.10 Å². The molecule has 0 radical (unpaired) electrons. The maximum Gasteiger partial charge on any atom is 0.230 e. The van der Waals surface area contributed by atoms with Crippen LogP contribution >= 0.6 is 27.7 Å². The molecule has 1 amide bonds. The molecule has 0 unspecified atom stereocenters. The van der Waals surface area contributed by atoms with E-state index in [0.717, 1.165) is 22.0 Å². The molecule has 0 spiro atoms. The second kappa shape index (κ2) is 7.20. The Kier molecular flexibility index (Phi) is 4.71. The van der Waals surface area contributed by atoms with Gasteiger partial charge in [-0.1, -0.05) is 27.7 Å². The molecule has 6 nitrogen and oxygen atoms in total. The van der Waals surface area contributed by atoms with E-state index >= 15 is 0 Å². The highest BCUT2D eigenvalue weighted by molar-refractivity contribution is 9.10. The SMILES string of the molecule is O=C(CSc1nnnn1-c1ccc(Br)cc1)NC1C2CC3CC(C2)CC1C3. The Bertz CT molecular complexity index is 811.